The lowest BCUT2D eigenvalue weighted by Gasteiger charge is -2.37. The van der Waals surface area contributed by atoms with Crippen LogP contribution in [0.2, 0.25) is 0 Å². The third-order valence-corrected chi connectivity index (χ3v) is 14.2. The summed E-state index contributed by atoms with van der Waals surface area (Å²) in [4.78, 5) is 2.66. The van der Waals surface area contributed by atoms with Crippen molar-refractivity contribution in [2.75, 3.05) is 4.90 Å². The molecule has 2 aliphatic rings. The maximum Gasteiger partial charge on any atom is 0.248 e. The van der Waals surface area contributed by atoms with E-state index in [1.54, 1.807) is 0 Å². The van der Waals surface area contributed by atoms with Gasteiger partial charge in [0.25, 0.3) is 0 Å². The van der Waals surface area contributed by atoms with Gasteiger partial charge in [0.2, 0.25) is 6.71 Å². The van der Waals surface area contributed by atoms with Gasteiger partial charge < -0.3 is 9.47 Å². The molecule has 0 saturated carbocycles. The van der Waals surface area contributed by atoms with Gasteiger partial charge in [0.05, 0.1) is 31.8 Å². The highest BCUT2D eigenvalue weighted by Crippen LogP contribution is 2.51. The van der Waals surface area contributed by atoms with E-state index in [1.807, 2.05) is 22.7 Å². The zero-order valence-electron chi connectivity index (χ0n) is 28.4. The third-order valence-electron chi connectivity index (χ3n) is 11.8. The first-order valence-electron chi connectivity index (χ1n) is 18.2. The molecular formula is C48H27BN2S2. The maximum atomic E-state index is 2.66. The van der Waals surface area contributed by atoms with E-state index in [4.69, 9.17) is 0 Å². The summed E-state index contributed by atoms with van der Waals surface area (Å²) in [6.45, 7) is 0.144. The average Bonchev–Trinajstić information content (AvgIpc) is 3.97. The Hall–Kier alpha value is -6.14. The average molecular weight is 707 g/mol. The fourth-order valence-electron chi connectivity index (χ4n) is 9.67. The second-order valence-electron chi connectivity index (χ2n) is 14.4. The molecule has 0 bridgehead atoms. The molecule has 0 amide bonds. The third kappa shape index (κ3) is 3.63. The number of rotatable bonds is 2. The minimum atomic E-state index is 0.144. The molecule has 5 heteroatoms. The smallest absolute Gasteiger partial charge is 0.248 e. The van der Waals surface area contributed by atoms with E-state index >= 15 is 0 Å². The van der Waals surface area contributed by atoms with Crippen molar-refractivity contribution >= 4 is 125 Å². The van der Waals surface area contributed by atoms with Crippen LogP contribution in [0.15, 0.2) is 164 Å². The summed E-state index contributed by atoms with van der Waals surface area (Å²) in [6, 6.07) is 61.4. The number of anilines is 3. The second kappa shape index (κ2) is 10.3. The Balaban J connectivity index is 1.22. The molecule has 0 saturated heterocycles. The van der Waals surface area contributed by atoms with Crippen molar-refractivity contribution < 1.29 is 0 Å². The zero-order chi connectivity index (χ0) is 34.4. The summed E-state index contributed by atoms with van der Waals surface area (Å²) >= 11 is 3.84. The molecule has 0 fully saturated rings. The fraction of sp³-hybridized carbons (Fsp3) is 0. The van der Waals surface area contributed by atoms with Gasteiger partial charge in [0, 0.05) is 53.1 Å². The molecule has 0 aliphatic carbocycles. The predicted molar refractivity (Wildman–Crippen MR) is 231 cm³/mol. The first kappa shape index (κ1) is 28.5. The number of para-hydroxylation sites is 2. The van der Waals surface area contributed by atoms with Crippen LogP contribution in [0.3, 0.4) is 0 Å². The van der Waals surface area contributed by atoms with Crippen LogP contribution in [0.25, 0.3) is 79.0 Å². The van der Waals surface area contributed by atoms with E-state index in [1.165, 1.54) is 112 Å². The van der Waals surface area contributed by atoms with E-state index in [9.17, 15) is 0 Å². The number of thiophene rings is 2. The summed E-state index contributed by atoms with van der Waals surface area (Å²) in [6.07, 6.45) is 0. The Bertz CT molecular complexity index is 3330. The summed E-state index contributed by atoms with van der Waals surface area (Å²) < 4.78 is 7.81. The van der Waals surface area contributed by atoms with Crippen LogP contribution in [-0.4, -0.2) is 11.3 Å². The highest BCUT2D eigenvalue weighted by atomic mass is 32.1. The van der Waals surface area contributed by atoms with Gasteiger partial charge in [-0.1, -0.05) is 127 Å². The first-order valence-corrected chi connectivity index (χ1v) is 19.9. The van der Waals surface area contributed by atoms with E-state index in [2.05, 4.69) is 173 Å². The van der Waals surface area contributed by atoms with Gasteiger partial charge in [0.1, 0.15) is 0 Å². The lowest BCUT2D eigenvalue weighted by Crippen LogP contribution is -2.54. The second-order valence-corrected chi connectivity index (χ2v) is 16.5. The quantitative estimate of drug-likeness (QED) is 0.163. The number of nitrogens with zero attached hydrogens (tertiary/aromatic N) is 2. The van der Waals surface area contributed by atoms with E-state index < -0.39 is 0 Å². The summed E-state index contributed by atoms with van der Waals surface area (Å²) in [5.41, 5.74) is 14.3. The van der Waals surface area contributed by atoms with Crippen molar-refractivity contribution in [2.24, 2.45) is 0 Å². The van der Waals surface area contributed by atoms with Gasteiger partial charge in [-0.05, 0) is 64.5 Å². The van der Waals surface area contributed by atoms with Gasteiger partial charge in [-0.2, -0.15) is 0 Å². The molecule has 0 spiro atoms. The van der Waals surface area contributed by atoms with Crippen molar-refractivity contribution in [2.45, 2.75) is 0 Å². The lowest BCUT2D eigenvalue weighted by molar-refractivity contribution is 1.18. The van der Waals surface area contributed by atoms with E-state index in [-0.39, 0.29) is 6.71 Å². The Labute approximate surface area is 313 Å². The van der Waals surface area contributed by atoms with Gasteiger partial charge in [-0.15, -0.1) is 22.7 Å². The predicted octanol–water partition coefficient (Wildman–Crippen LogP) is 11.8. The van der Waals surface area contributed by atoms with Gasteiger partial charge >= 0.3 is 0 Å². The van der Waals surface area contributed by atoms with E-state index in [0.29, 0.717) is 0 Å². The molecule has 13 rings (SSSR count). The van der Waals surface area contributed by atoms with Crippen molar-refractivity contribution in [3.63, 3.8) is 0 Å². The largest absolute Gasteiger partial charge is 0.309 e. The highest BCUT2D eigenvalue weighted by Gasteiger charge is 2.44. The first-order chi connectivity index (χ1) is 26.3. The SMILES string of the molecule is c1ccc2c(c1)B1c3ccc4c(sc5ccccc54)c3N(c3cccc4c3sc3ccccc34)c3cc(-n4c5ccccc5c5ccccc54)cc-2c31. The normalized spacial score (nSPS) is 13.2. The molecule has 53 heavy (non-hydrogen) atoms. The van der Waals surface area contributed by atoms with Crippen LogP contribution < -0.4 is 21.3 Å². The monoisotopic (exact) mass is 706 g/mol. The summed E-state index contributed by atoms with van der Waals surface area (Å²) in [7, 11) is 0. The molecular weight excluding hydrogens is 679 g/mol. The van der Waals surface area contributed by atoms with Crippen molar-refractivity contribution in [3.8, 4) is 16.8 Å². The minimum Gasteiger partial charge on any atom is -0.309 e. The van der Waals surface area contributed by atoms with Crippen molar-refractivity contribution in [1.29, 1.82) is 0 Å². The number of hydrogen-bond acceptors (Lipinski definition) is 3. The van der Waals surface area contributed by atoms with E-state index in [0.717, 1.165) is 0 Å². The van der Waals surface area contributed by atoms with Crippen molar-refractivity contribution in [3.05, 3.63) is 164 Å². The highest BCUT2D eigenvalue weighted by molar-refractivity contribution is 7.27. The summed E-state index contributed by atoms with van der Waals surface area (Å²) in [5.74, 6) is 0. The van der Waals surface area contributed by atoms with Gasteiger partial charge in [-0.25, -0.2) is 0 Å². The van der Waals surface area contributed by atoms with Crippen LogP contribution >= 0.6 is 22.7 Å². The lowest BCUT2D eigenvalue weighted by atomic mass is 9.37. The Morgan fingerprint density at radius 2 is 1.02 bits per heavy atom. The molecule has 11 aromatic rings. The molecule has 0 atom stereocenters. The van der Waals surface area contributed by atoms with Gasteiger partial charge in [-0.3, -0.25) is 0 Å². The molecule has 244 valence electrons. The molecule has 0 N–H and O–H groups in total. The van der Waals surface area contributed by atoms with Crippen LogP contribution in [0, 0.1) is 0 Å². The molecule has 0 radical (unpaired) electrons. The molecule has 3 aromatic heterocycles. The summed E-state index contributed by atoms with van der Waals surface area (Å²) in [5, 5.41) is 7.84. The van der Waals surface area contributed by atoms with Crippen molar-refractivity contribution in [1.82, 2.24) is 4.57 Å². The minimum absolute atomic E-state index is 0.144. The molecule has 2 aliphatic heterocycles. The zero-order valence-corrected chi connectivity index (χ0v) is 30.0. The fourth-order valence-corrected chi connectivity index (χ4v) is 12.1. The Morgan fingerprint density at radius 3 is 1.77 bits per heavy atom. The molecule has 5 heterocycles. The number of benzene rings is 8. The van der Waals surface area contributed by atoms with Crippen LogP contribution in [0.5, 0.6) is 0 Å². The van der Waals surface area contributed by atoms with Gasteiger partial charge in [0.15, 0.2) is 0 Å². The standard InChI is InChI=1S/C48H27BN2S2/c1-6-18-37-29(12-1)36-26-28(50-39-19-7-2-13-30(39)31-14-3-8-20-40(31)50)27-42-45(36)49(37)38-25-24-35-33-16-5-10-23-44(33)53-48(35)46(38)51(42)41-21-11-17-34-32-15-4-9-22-43(32)52-47(34)41/h1-27H. The topological polar surface area (TPSA) is 8.17 Å². The molecule has 0 unspecified atom stereocenters. The Morgan fingerprint density at radius 1 is 0.415 bits per heavy atom. The number of aromatic nitrogens is 1. The molecule has 2 nitrogen and oxygen atoms in total. The van der Waals surface area contributed by atoms with Crippen LogP contribution in [-0.2, 0) is 0 Å². The Kier molecular flexibility index (Phi) is 5.51. The maximum absolute atomic E-state index is 2.66. The number of fused-ring (bicyclic) bond motifs is 15. The van der Waals surface area contributed by atoms with Crippen LogP contribution in [0.1, 0.15) is 0 Å². The number of hydrogen-bond donors (Lipinski definition) is 0. The molecule has 8 aromatic carbocycles. The van der Waals surface area contributed by atoms with Crippen LogP contribution in [0.4, 0.5) is 17.1 Å².